The van der Waals surface area contributed by atoms with Gasteiger partial charge in [-0.25, -0.2) is 8.42 Å². The second-order valence-corrected chi connectivity index (χ2v) is 7.93. The molecule has 0 N–H and O–H groups in total. The summed E-state index contributed by atoms with van der Waals surface area (Å²) in [5.41, 5.74) is 1.01. The minimum absolute atomic E-state index is 0.00876. The van der Waals surface area contributed by atoms with Gasteiger partial charge in [-0.15, -0.1) is 0 Å². The fourth-order valence-corrected chi connectivity index (χ4v) is 4.26. The number of carbonyl (C=O) groups is 1. The number of benzene rings is 1. The summed E-state index contributed by atoms with van der Waals surface area (Å²) in [5, 5.41) is 0. The van der Waals surface area contributed by atoms with E-state index in [2.05, 4.69) is 6.92 Å². The predicted molar refractivity (Wildman–Crippen MR) is 91.8 cm³/mol. The Balaban J connectivity index is 2.09. The van der Waals surface area contributed by atoms with Crippen LogP contribution in [0.3, 0.4) is 0 Å². The molecule has 0 fully saturated rings. The van der Waals surface area contributed by atoms with Crippen molar-refractivity contribution in [3.63, 3.8) is 0 Å². The van der Waals surface area contributed by atoms with Crippen molar-refractivity contribution >= 4 is 15.8 Å². The number of Topliss-reactive ketones (excluding diaryl/α,β-unsaturated/α-hetero) is 1. The largest absolute Gasteiger partial charge is 0.298 e. The highest BCUT2D eigenvalue weighted by atomic mass is 32.2. The molecule has 0 aliphatic carbocycles. The van der Waals surface area contributed by atoms with Gasteiger partial charge in [0.2, 0.25) is 10.0 Å². The first kappa shape index (κ1) is 17.9. The van der Waals surface area contributed by atoms with Crippen molar-refractivity contribution < 1.29 is 13.2 Å². The van der Waals surface area contributed by atoms with Crippen LogP contribution in [0.15, 0.2) is 41.3 Å². The van der Waals surface area contributed by atoms with E-state index in [0.717, 1.165) is 31.2 Å². The van der Waals surface area contributed by atoms with Crippen LogP contribution in [0.5, 0.6) is 0 Å². The number of nitrogens with zero attached hydrogens (tertiary/aromatic N) is 1. The molecule has 1 heterocycles. The lowest BCUT2D eigenvalue weighted by Gasteiger charge is -2.23. The first-order valence-corrected chi connectivity index (χ1v) is 9.68. The molecule has 1 aliphatic heterocycles. The third kappa shape index (κ3) is 4.30. The third-order valence-corrected chi connectivity index (χ3v) is 6.01. The van der Waals surface area contributed by atoms with E-state index in [1.165, 1.54) is 4.31 Å². The van der Waals surface area contributed by atoms with Crippen LogP contribution in [-0.2, 0) is 14.8 Å². The van der Waals surface area contributed by atoms with Gasteiger partial charge in [-0.2, -0.15) is 4.31 Å². The summed E-state index contributed by atoms with van der Waals surface area (Å²) >= 11 is 0. The highest BCUT2D eigenvalue weighted by Crippen LogP contribution is 2.24. The van der Waals surface area contributed by atoms with E-state index in [0.29, 0.717) is 6.42 Å². The number of aryl methyl sites for hydroxylation is 1. The first-order valence-electron chi connectivity index (χ1n) is 8.24. The molecule has 5 heteroatoms. The van der Waals surface area contributed by atoms with Gasteiger partial charge in [0, 0.05) is 13.0 Å². The zero-order chi connectivity index (χ0) is 16.9. The quantitative estimate of drug-likeness (QED) is 0.540. The van der Waals surface area contributed by atoms with E-state index in [1.54, 1.807) is 36.4 Å². The predicted octanol–water partition coefficient (Wildman–Crippen LogP) is 3.46. The highest BCUT2D eigenvalue weighted by Gasteiger charge is 2.35. The van der Waals surface area contributed by atoms with Crippen LogP contribution in [0.25, 0.3) is 0 Å². The van der Waals surface area contributed by atoms with E-state index in [4.69, 9.17) is 0 Å². The standard InChI is InChI=1S/C18H25NO3S/c1-3-4-5-6-9-18(20)17-8-7-14-19(17)23(21,22)16-12-10-15(2)11-13-16/h7-8,10-13,17H,3-6,9,14H2,1-2H3. The lowest BCUT2D eigenvalue weighted by Crippen LogP contribution is -2.40. The fraction of sp³-hybridized carbons (Fsp3) is 0.500. The van der Waals surface area contributed by atoms with E-state index in [-0.39, 0.29) is 17.2 Å². The smallest absolute Gasteiger partial charge is 0.244 e. The maximum atomic E-state index is 12.8. The van der Waals surface area contributed by atoms with Gasteiger partial charge in [0.25, 0.3) is 0 Å². The number of carbonyl (C=O) groups excluding carboxylic acids is 1. The average Bonchev–Trinajstić information content (AvgIpc) is 3.02. The molecule has 0 spiro atoms. The van der Waals surface area contributed by atoms with Crippen LogP contribution >= 0.6 is 0 Å². The Bertz CT molecular complexity index is 662. The zero-order valence-electron chi connectivity index (χ0n) is 13.9. The van der Waals surface area contributed by atoms with Crippen molar-refractivity contribution in [2.45, 2.75) is 56.9 Å². The van der Waals surface area contributed by atoms with Gasteiger partial charge >= 0.3 is 0 Å². The van der Waals surface area contributed by atoms with E-state index < -0.39 is 16.1 Å². The van der Waals surface area contributed by atoms with Crippen LogP contribution < -0.4 is 0 Å². The van der Waals surface area contributed by atoms with Crippen molar-refractivity contribution in [3.05, 3.63) is 42.0 Å². The molecule has 23 heavy (non-hydrogen) atoms. The fourth-order valence-electron chi connectivity index (χ4n) is 2.74. The molecule has 0 saturated heterocycles. The van der Waals surface area contributed by atoms with Crippen molar-refractivity contribution in [1.82, 2.24) is 4.31 Å². The highest BCUT2D eigenvalue weighted by molar-refractivity contribution is 7.89. The second-order valence-electron chi connectivity index (χ2n) is 6.04. The van der Waals surface area contributed by atoms with Gasteiger partial charge in [0.15, 0.2) is 5.78 Å². The van der Waals surface area contributed by atoms with Gasteiger partial charge in [0.1, 0.15) is 6.04 Å². The molecule has 0 saturated carbocycles. The molecule has 0 amide bonds. The molecule has 126 valence electrons. The molecule has 1 aromatic rings. The average molecular weight is 335 g/mol. The summed E-state index contributed by atoms with van der Waals surface area (Å²) in [6, 6.07) is 6.11. The van der Waals surface area contributed by atoms with Crippen molar-refractivity contribution in [2.75, 3.05) is 6.54 Å². The Hall–Kier alpha value is -1.46. The number of sulfonamides is 1. The number of hydrogen-bond donors (Lipinski definition) is 0. The summed E-state index contributed by atoms with van der Waals surface area (Å²) in [7, 11) is -3.63. The summed E-state index contributed by atoms with van der Waals surface area (Å²) in [5.74, 6) is -0.00876. The Kier molecular flexibility index (Phi) is 6.13. The molecule has 0 aromatic heterocycles. The van der Waals surface area contributed by atoms with Gasteiger partial charge in [-0.05, 0) is 25.5 Å². The topological polar surface area (TPSA) is 54.5 Å². The third-order valence-electron chi connectivity index (χ3n) is 4.15. The number of ketones is 1. The summed E-state index contributed by atoms with van der Waals surface area (Å²) < 4.78 is 26.8. The first-order chi connectivity index (χ1) is 11.0. The Labute approximate surface area is 139 Å². The maximum absolute atomic E-state index is 12.8. The Morgan fingerprint density at radius 1 is 1.17 bits per heavy atom. The monoisotopic (exact) mass is 335 g/mol. The van der Waals surface area contributed by atoms with Gasteiger partial charge < -0.3 is 0 Å². The zero-order valence-corrected chi connectivity index (χ0v) is 14.7. The number of hydrogen-bond acceptors (Lipinski definition) is 3. The SMILES string of the molecule is CCCCCCC(=O)C1C=CCN1S(=O)(=O)c1ccc(C)cc1. The molecule has 1 atom stereocenters. The molecule has 1 aliphatic rings. The van der Waals surface area contributed by atoms with Crippen LogP contribution in [0.2, 0.25) is 0 Å². The maximum Gasteiger partial charge on any atom is 0.244 e. The number of rotatable bonds is 8. The minimum Gasteiger partial charge on any atom is -0.298 e. The van der Waals surface area contributed by atoms with E-state index >= 15 is 0 Å². The minimum atomic E-state index is -3.63. The van der Waals surface area contributed by atoms with Gasteiger partial charge in [-0.3, -0.25) is 4.79 Å². The van der Waals surface area contributed by atoms with Gasteiger partial charge in [0.05, 0.1) is 4.90 Å². The van der Waals surface area contributed by atoms with E-state index in [1.807, 2.05) is 6.92 Å². The molecule has 4 nitrogen and oxygen atoms in total. The Morgan fingerprint density at radius 2 is 1.87 bits per heavy atom. The normalized spacial score (nSPS) is 18.4. The summed E-state index contributed by atoms with van der Waals surface area (Å²) in [4.78, 5) is 12.6. The van der Waals surface area contributed by atoms with Crippen molar-refractivity contribution in [1.29, 1.82) is 0 Å². The Morgan fingerprint density at radius 3 is 2.52 bits per heavy atom. The van der Waals surface area contributed by atoms with E-state index in [9.17, 15) is 13.2 Å². The molecular formula is C18H25NO3S. The number of unbranched alkanes of at least 4 members (excludes halogenated alkanes) is 3. The summed E-state index contributed by atoms with van der Waals surface area (Å²) in [6.45, 7) is 4.30. The lowest BCUT2D eigenvalue weighted by atomic mass is 10.1. The second kappa shape index (κ2) is 7.88. The van der Waals surface area contributed by atoms with Crippen LogP contribution in [0, 0.1) is 6.92 Å². The molecular weight excluding hydrogens is 310 g/mol. The van der Waals surface area contributed by atoms with Crippen molar-refractivity contribution in [2.24, 2.45) is 0 Å². The molecule has 0 radical (unpaired) electrons. The molecule has 1 aromatic carbocycles. The molecule has 1 unspecified atom stereocenters. The van der Waals surface area contributed by atoms with Crippen LogP contribution in [0.4, 0.5) is 0 Å². The van der Waals surface area contributed by atoms with Crippen LogP contribution in [0.1, 0.15) is 44.6 Å². The van der Waals surface area contributed by atoms with Crippen LogP contribution in [-0.4, -0.2) is 31.1 Å². The van der Waals surface area contributed by atoms with Crippen molar-refractivity contribution in [3.8, 4) is 0 Å². The molecule has 0 bridgehead atoms. The van der Waals surface area contributed by atoms with Gasteiger partial charge in [-0.1, -0.05) is 56.0 Å². The summed E-state index contributed by atoms with van der Waals surface area (Å²) in [6.07, 6.45) is 7.99. The molecule has 2 rings (SSSR count). The lowest BCUT2D eigenvalue weighted by molar-refractivity contribution is -0.121.